The highest BCUT2D eigenvalue weighted by atomic mass is 16.3. The van der Waals surface area contributed by atoms with Gasteiger partial charge in [-0.1, -0.05) is 62.9 Å². The number of benzene rings is 1. The molecule has 0 aliphatic heterocycles. The van der Waals surface area contributed by atoms with Gasteiger partial charge in [-0.3, -0.25) is 0 Å². The van der Waals surface area contributed by atoms with E-state index in [2.05, 4.69) is 37.3 Å². The van der Waals surface area contributed by atoms with Gasteiger partial charge < -0.3 is 5.11 Å². The minimum atomic E-state index is -0.131. The Labute approximate surface area is 123 Å². The van der Waals surface area contributed by atoms with Crippen LogP contribution < -0.4 is 0 Å². The first kappa shape index (κ1) is 14.1. The smallest absolute Gasteiger partial charge is 0.0664 e. The minimum absolute atomic E-state index is 0.0710. The van der Waals surface area contributed by atoms with Crippen molar-refractivity contribution in [3.8, 4) is 0 Å². The third-order valence-electron chi connectivity index (χ3n) is 6.01. The second-order valence-electron chi connectivity index (χ2n) is 7.02. The van der Waals surface area contributed by atoms with E-state index < -0.39 is 0 Å². The molecule has 2 fully saturated rings. The molecule has 2 saturated carbocycles. The lowest BCUT2D eigenvalue weighted by molar-refractivity contribution is -0.0322. The van der Waals surface area contributed by atoms with Gasteiger partial charge >= 0.3 is 0 Å². The predicted octanol–water partition coefficient (Wildman–Crippen LogP) is 4.69. The summed E-state index contributed by atoms with van der Waals surface area (Å²) in [6.07, 6.45) is 9.92. The third kappa shape index (κ3) is 2.41. The summed E-state index contributed by atoms with van der Waals surface area (Å²) in [6.45, 7) is 2.30. The van der Waals surface area contributed by atoms with Gasteiger partial charge in [-0.25, -0.2) is 0 Å². The molecule has 0 bridgehead atoms. The zero-order chi connectivity index (χ0) is 14.0. The normalized spacial score (nSPS) is 30.5. The molecule has 1 nitrogen and oxygen atoms in total. The maximum absolute atomic E-state index is 11.1. The van der Waals surface area contributed by atoms with E-state index in [0.717, 1.165) is 5.92 Å². The van der Waals surface area contributed by atoms with Crippen molar-refractivity contribution in [2.45, 2.75) is 69.8 Å². The van der Waals surface area contributed by atoms with Gasteiger partial charge in [0.1, 0.15) is 0 Å². The Bertz CT molecular complexity index is 421. The van der Waals surface area contributed by atoms with E-state index in [1.807, 2.05) is 0 Å². The second kappa shape index (κ2) is 5.89. The van der Waals surface area contributed by atoms with Gasteiger partial charge in [0.05, 0.1) is 6.10 Å². The Balaban J connectivity index is 1.79. The summed E-state index contributed by atoms with van der Waals surface area (Å²) >= 11 is 0. The average molecular weight is 272 g/mol. The number of hydrogen-bond acceptors (Lipinski definition) is 1. The maximum Gasteiger partial charge on any atom is 0.0664 e. The molecular weight excluding hydrogens is 244 g/mol. The summed E-state index contributed by atoms with van der Waals surface area (Å²) in [5, 5.41) is 11.1. The van der Waals surface area contributed by atoms with Gasteiger partial charge in [0.2, 0.25) is 0 Å². The molecule has 2 aliphatic carbocycles. The van der Waals surface area contributed by atoms with Crippen molar-refractivity contribution in [1.29, 1.82) is 0 Å². The van der Waals surface area contributed by atoms with Gasteiger partial charge in [0.25, 0.3) is 0 Å². The van der Waals surface area contributed by atoms with Crippen LogP contribution in [0.2, 0.25) is 0 Å². The van der Waals surface area contributed by atoms with Crippen LogP contribution in [-0.4, -0.2) is 11.2 Å². The van der Waals surface area contributed by atoms with Crippen molar-refractivity contribution in [3.05, 3.63) is 35.9 Å². The molecular formula is C19H28O. The van der Waals surface area contributed by atoms with Crippen LogP contribution >= 0.6 is 0 Å². The number of rotatable bonds is 4. The SMILES string of the molecule is CCC1CCCC(C(O)C2(c3ccccc3)CCC2)C1. The molecule has 1 N–H and O–H groups in total. The Morgan fingerprint density at radius 1 is 1.15 bits per heavy atom. The van der Waals surface area contributed by atoms with Crippen molar-refractivity contribution in [2.75, 3.05) is 0 Å². The number of hydrogen-bond donors (Lipinski definition) is 1. The van der Waals surface area contributed by atoms with Gasteiger partial charge in [0, 0.05) is 5.41 Å². The standard InChI is InChI=1S/C19H28O/c1-2-15-8-6-9-16(14-15)18(20)19(12-7-13-19)17-10-4-3-5-11-17/h3-5,10-11,15-16,18,20H,2,6-9,12-14H2,1H3. The van der Waals surface area contributed by atoms with E-state index in [9.17, 15) is 5.11 Å². The monoisotopic (exact) mass is 272 g/mol. The molecule has 1 aromatic carbocycles. The molecule has 2 aliphatic rings. The summed E-state index contributed by atoms with van der Waals surface area (Å²) in [5.41, 5.74) is 1.44. The van der Waals surface area contributed by atoms with Crippen molar-refractivity contribution >= 4 is 0 Å². The molecule has 1 aromatic rings. The Morgan fingerprint density at radius 2 is 1.90 bits per heavy atom. The largest absolute Gasteiger partial charge is 0.392 e. The summed E-state index contributed by atoms with van der Waals surface area (Å²) in [5.74, 6) is 1.37. The first-order valence-electron chi connectivity index (χ1n) is 8.50. The first-order chi connectivity index (χ1) is 9.76. The highest BCUT2D eigenvalue weighted by Crippen LogP contribution is 2.50. The molecule has 0 saturated heterocycles. The van der Waals surface area contributed by atoms with Gasteiger partial charge in [-0.05, 0) is 43.1 Å². The predicted molar refractivity (Wildman–Crippen MR) is 83.7 cm³/mol. The van der Waals surface area contributed by atoms with Crippen molar-refractivity contribution in [3.63, 3.8) is 0 Å². The summed E-state index contributed by atoms with van der Waals surface area (Å²) in [6, 6.07) is 10.8. The van der Waals surface area contributed by atoms with Crippen LogP contribution in [0, 0.1) is 11.8 Å². The molecule has 0 amide bonds. The van der Waals surface area contributed by atoms with Crippen LogP contribution in [-0.2, 0) is 5.41 Å². The van der Waals surface area contributed by atoms with E-state index in [4.69, 9.17) is 0 Å². The number of aliphatic hydroxyl groups is 1. The fourth-order valence-corrected chi connectivity index (χ4v) is 4.52. The zero-order valence-electron chi connectivity index (χ0n) is 12.7. The van der Waals surface area contributed by atoms with Crippen LogP contribution in [0.3, 0.4) is 0 Å². The topological polar surface area (TPSA) is 20.2 Å². The van der Waals surface area contributed by atoms with E-state index in [0.29, 0.717) is 5.92 Å². The first-order valence-corrected chi connectivity index (χ1v) is 8.50. The van der Waals surface area contributed by atoms with E-state index >= 15 is 0 Å². The highest BCUT2D eigenvalue weighted by molar-refractivity contribution is 5.30. The molecule has 3 atom stereocenters. The molecule has 3 rings (SSSR count). The zero-order valence-corrected chi connectivity index (χ0v) is 12.7. The van der Waals surface area contributed by atoms with E-state index in [1.165, 1.54) is 56.9 Å². The van der Waals surface area contributed by atoms with Crippen molar-refractivity contribution in [1.82, 2.24) is 0 Å². The van der Waals surface area contributed by atoms with Gasteiger partial charge in [0.15, 0.2) is 0 Å². The Hall–Kier alpha value is -0.820. The highest BCUT2D eigenvalue weighted by Gasteiger charge is 2.48. The van der Waals surface area contributed by atoms with Crippen LogP contribution in [0.5, 0.6) is 0 Å². The Kier molecular flexibility index (Phi) is 4.16. The van der Waals surface area contributed by atoms with Crippen LogP contribution in [0.1, 0.15) is 63.9 Å². The maximum atomic E-state index is 11.1. The lowest BCUT2D eigenvalue weighted by Crippen LogP contribution is -2.50. The van der Waals surface area contributed by atoms with Crippen molar-refractivity contribution < 1.29 is 5.11 Å². The summed E-state index contributed by atoms with van der Waals surface area (Å²) < 4.78 is 0. The van der Waals surface area contributed by atoms with E-state index in [1.54, 1.807) is 0 Å². The minimum Gasteiger partial charge on any atom is -0.392 e. The molecule has 110 valence electrons. The Morgan fingerprint density at radius 3 is 2.50 bits per heavy atom. The molecule has 3 unspecified atom stereocenters. The fourth-order valence-electron chi connectivity index (χ4n) is 4.52. The van der Waals surface area contributed by atoms with E-state index in [-0.39, 0.29) is 11.5 Å². The second-order valence-corrected chi connectivity index (χ2v) is 7.02. The van der Waals surface area contributed by atoms with Crippen LogP contribution in [0.15, 0.2) is 30.3 Å². The van der Waals surface area contributed by atoms with Crippen molar-refractivity contribution in [2.24, 2.45) is 11.8 Å². The van der Waals surface area contributed by atoms with Gasteiger partial charge in [-0.2, -0.15) is 0 Å². The van der Waals surface area contributed by atoms with Crippen LogP contribution in [0.25, 0.3) is 0 Å². The molecule has 1 heteroatoms. The average Bonchev–Trinajstić information content (AvgIpc) is 2.47. The molecule has 0 aromatic heterocycles. The van der Waals surface area contributed by atoms with Gasteiger partial charge in [-0.15, -0.1) is 0 Å². The summed E-state index contributed by atoms with van der Waals surface area (Å²) in [4.78, 5) is 0. The molecule has 0 radical (unpaired) electrons. The van der Waals surface area contributed by atoms with Crippen LogP contribution in [0.4, 0.5) is 0 Å². The fraction of sp³-hybridized carbons (Fsp3) is 0.684. The lowest BCUT2D eigenvalue weighted by Gasteiger charge is -2.50. The number of aliphatic hydroxyl groups excluding tert-OH is 1. The summed E-state index contributed by atoms with van der Waals surface area (Å²) in [7, 11) is 0. The lowest BCUT2D eigenvalue weighted by atomic mass is 9.57. The molecule has 20 heavy (non-hydrogen) atoms. The quantitative estimate of drug-likeness (QED) is 0.843. The molecule has 0 spiro atoms. The molecule has 0 heterocycles. The third-order valence-corrected chi connectivity index (χ3v) is 6.01.